The van der Waals surface area contributed by atoms with Crippen LogP contribution in [0.5, 0.6) is 5.75 Å². The molecule has 1 heterocycles. The summed E-state index contributed by atoms with van der Waals surface area (Å²) in [7, 11) is 1.58. The normalized spacial score (nSPS) is 17.6. The zero-order chi connectivity index (χ0) is 19.4. The minimum Gasteiger partial charge on any atom is -0.495 e. The number of piperidine rings is 1. The van der Waals surface area contributed by atoms with Crippen LogP contribution >= 0.6 is 11.6 Å². The highest BCUT2D eigenvalue weighted by atomic mass is 35.5. The fourth-order valence-corrected chi connectivity index (χ4v) is 3.70. The van der Waals surface area contributed by atoms with Crippen LogP contribution in [0.25, 0.3) is 0 Å². The zero-order valence-electron chi connectivity index (χ0n) is 15.6. The number of likely N-dealkylation sites (tertiary alicyclic amines) is 1. The van der Waals surface area contributed by atoms with Crippen molar-refractivity contribution in [3.05, 3.63) is 58.4 Å². The Kier molecular flexibility index (Phi) is 6.34. The number of hydrogen-bond acceptors (Lipinski definition) is 3. The monoisotopic (exact) mass is 390 g/mol. The molecule has 1 unspecified atom stereocenters. The Labute approximate surface area is 164 Å². The largest absolute Gasteiger partial charge is 0.495 e. The number of nitrogens with one attached hydrogen (secondary N) is 1. The van der Waals surface area contributed by atoms with Gasteiger partial charge in [0.25, 0.3) is 0 Å². The minimum atomic E-state index is -0.307. The molecular formula is C21H24ClFN2O2. The molecule has 1 atom stereocenters. The third-order valence-corrected chi connectivity index (χ3v) is 5.29. The first-order valence-corrected chi connectivity index (χ1v) is 9.46. The lowest BCUT2D eigenvalue weighted by Gasteiger charge is -2.32. The quantitative estimate of drug-likeness (QED) is 0.808. The highest BCUT2D eigenvalue weighted by molar-refractivity contribution is 6.31. The van der Waals surface area contributed by atoms with Gasteiger partial charge in [-0.2, -0.15) is 0 Å². The summed E-state index contributed by atoms with van der Waals surface area (Å²) < 4.78 is 19.4. The van der Waals surface area contributed by atoms with Crippen LogP contribution in [-0.4, -0.2) is 31.0 Å². The average molecular weight is 391 g/mol. The van der Waals surface area contributed by atoms with Gasteiger partial charge in [-0.25, -0.2) is 4.39 Å². The van der Waals surface area contributed by atoms with Crippen LogP contribution in [0.2, 0.25) is 5.02 Å². The van der Waals surface area contributed by atoms with Gasteiger partial charge in [0, 0.05) is 23.7 Å². The maximum atomic E-state index is 14.1. The van der Waals surface area contributed by atoms with Gasteiger partial charge in [-0.15, -0.1) is 0 Å². The number of hydrogen-bond donors (Lipinski definition) is 1. The third-order valence-electron chi connectivity index (χ3n) is 4.93. The van der Waals surface area contributed by atoms with Gasteiger partial charge in [0.15, 0.2) is 0 Å². The molecule has 0 spiro atoms. The smallest absolute Gasteiger partial charge is 0.228 e. The van der Waals surface area contributed by atoms with E-state index in [0.29, 0.717) is 35.1 Å². The van der Waals surface area contributed by atoms with Crippen LogP contribution in [-0.2, 0) is 11.3 Å². The number of carbonyl (C=O) groups is 1. The van der Waals surface area contributed by atoms with Crippen LogP contribution in [0.3, 0.4) is 0 Å². The van der Waals surface area contributed by atoms with E-state index >= 15 is 0 Å². The maximum absolute atomic E-state index is 14.1. The van der Waals surface area contributed by atoms with Gasteiger partial charge in [0.2, 0.25) is 5.91 Å². The molecule has 4 nitrogen and oxygen atoms in total. The number of ether oxygens (including phenoxy) is 1. The predicted molar refractivity (Wildman–Crippen MR) is 106 cm³/mol. The number of amides is 1. The molecule has 0 saturated carbocycles. The van der Waals surface area contributed by atoms with Crippen molar-refractivity contribution in [1.29, 1.82) is 0 Å². The van der Waals surface area contributed by atoms with Gasteiger partial charge < -0.3 is 10.1 Å². The van der Waals surface area contributed by atoms with Gasteiger partial charge >= 0.3 is 0 Å². The second-order valence-electron chi connectivity index (χ2n) is 6.97. The van der Waals surface area contributed by atoms with Gasteiger partial charge in [-0.05, 0) is 56.1 Å². The van der Waals surface area contributed by atoms with E-state index in [9.17, 15) is 9.18 Å². The van der Waals surface area contributed by atoms with Gasteiger partial charge in [-0.1, -0.05) is 23.7 Å². The van der Waals surface area contributed by atoms with Gasteiger partial charge in [-0.3, -0.25) is 9.69 Å². The highest BCUT2D eigenvalue weighted by Crippen LogP contribution is 2.28. The molecule has 144 valence electrons. The van der Waals surface area contributed by atoms with Gasteiger partial charge in [0.05, 0.1) is 18.7 Å². The summed E-state index contributed by atoms with van der Waals surface area (Å²) in [6, 6.07) is 10.4. The van der Waals surface area contributed by atoms with Crippen molar-refractivity contribution in [2.75, 3.05) is 25.5 Å². The summed E-state index contributed by atoms with van der Waals surface area (Å²) in [6.07, 6.45) is 1.69. The first kappa shape index (κ1) is 19.6. The fourth-order valence-electron chi connectivity index (χ4n) is 3.47. The van der Waals surface area contributed by atoms with Crippen molar-refractivity contribution in [1.82, 2.24) is 4.90 Å². The lowest BCUT2D eigenvalue weighted by molar-refractivity contribution is -0.121. The SMILES string of the molecule is COc1ccc(C)cc1NC(=O)C1CCCN(Cc2c(F)cccc2Cl)C1. The Balaban J connectivity index is 1.67. The first-order chi connectivity index (χ1) is 13.0. The molecule has 1 aliphatic heterocycles. The van der Waals surface area contributed by atoms with Crippen molar-refractivity contribution in [2.24, 2.45) is 5.92 Å². The molecule has 2 aromatic carbocycles. The molecule has 1 fully saturated rings. The number of benzene rings is 2. The van der Waals surface area contributed by atoms with E-state index in [2.05, 4.69) is 10.2 Å². The van der Waals surface area contributed by atoms with Crippen LogP contribution < -0.4 is 10.1 Å². The molecule has 1 N–H and O–H groups in total. The Morgan fingerprint density at radius 1 is 1.37 bits per heavy atom. The van der Waals surface area contributed by atoms with E-state index in [-0.39, 0.29) is 17.6 Å². The molecule has 1 saturated heterocycles. The molecule has 0 radical (unpaired) electrons. The molecule has 27 heavy (non-hydrogen) atoms. The molecule has 6 heteroatoms. The summed E-state index contributed by atoms with van der Waals surface area (Å²) in [5.74, 6) is 0.135. The summed E-state index contributed by atoms with van der Waals surface area (Å²) in [5, 5.41) is 3.41. The van der Waals surface area contributed by atoms with E-state index in [1.54, 1.807) is 19.2 Å². The molecular weight excluding hydrogens is 367 g/mol. The second kappa shape index (κ2) is 8.72. The predicted octanol–water partition coefficient (Wildman–Crippen LogP) is 4.65. The highest BCUT2D eigenvalue weighted by Gasteiger charge is 2.27. The van der Waals surface area contributed by atoms with Crippen LogP contribution in [0.15, 0.2) is 36.4 Å². The molecule has 3 rings (SSSR count). The number of nitrogens with zero attached hydrogens (tertiary/aromatic N) is 1. The van der Waals surface area contributed by atoms with Gasteiger partial charge in [0.1, 0.15) is 11.6 Å². The fraction of sp³-hybridized carbons (Fsp3) is 0.381. The van der Waals surface area contributed by atoms with Crippen LogP contribution in [0.4, 0.5) is 10.1 Å². The average Bonchev–Trinajstić information content (AvgIpc) is 2.65. The van der Waals surface area contributed by atoms with Crippen LogP contribution in [0, 0.1) is 18.7 Å². The summed E-state index contributed by atoms with van der Waals surface area (Å²) in [4.78, 5) is 14.9. The number of anilines is 1. The number of methoxy groups -OCH3 is 1. The Morgan fingerprint density at radius 3 is 2.93 bits per heavy atom. The van der Waals surface area contributed by atoms with Crippen molar-refractivity contribution in [3.8, 4) is 5.75 Å². The van der Waals surface area contributed by atoms with E-state index in [1.807, 2.05) is 25.1 Å². The third kappa shape index (κ3) is 4.79. The lowest BCUT2D eigenvalue weighted by Crippen LogP contribution is -2.40. The minimum absolute atomic E-state index is 0.0387. The zero-order valence-corrected chi connectivity index (χ0v) is 16.4. The molecule has 0 bridgehead atoms. The van der Waals surface area contributed by atoms with Crippen molar-refractivity contribution in [3.63, 3.8) is 0 Å². The Hall–Kier alpha value is -2.11. The number of halogens is 2. The van der Waals surface area contributed by atoms with Crippen molar-refractivity contribution < 1.29 is 13.9 Å². The number of aryl methyl sites for hydroxylation is 1. The lowest BCUT2D eigenvalue weighted by atomic mass is 9.96. The molecule has 2 aromatic rings. The Morgan fingerprint density at radius 2 is 2.19 bits per heavy atom. The topological polar surface area (TPSA) is 41.6 Å². The molecule has 1 amide bonds. The number of carbonyl (C=O) groups excluding carboxylic acids is 1. The summed E-state index contributed by atoms with van der Waals surface area (Å²) in [6.45, 7) is 3.77. The van der Waals surface area contributed by atoms with Crippen molar-refractivity contribution >= 4 is 23.2 Å². The van der Waals surface area contributed by atoms with E-state index in [1.165, 1.54) is 6.07 Å². The first-order valence-electron chi connectivity index (χ1n) is 9.08. The summed E-state index contributed by atoms with van der Waals surface area (Å²) in [5.41, 5.74) is 2.21. The van der Waals surface area contributed by atoms with Crippen molar-refractivity contribution in [2.45, 2.75) is 26.3 Å². The number of rotatable bonds is 5. The molecule has 1 aliphatic rings. The Bertz CT molecular complexity index is 808. The van der Waals surface area contributed by atoms with E-state index in [4.69, 9.17) is 16.3 Å². The maximum Gasteiger partial charge on any atom is 0.228 e. The second-order valence-corrected chi connectivity index (χ2v) is 7.37. The van der Waals surface area contributed by atoms with E-state index in [0.717, 1.165) is 24.9 Å². The molecule has 0 aliphatic carbocycles. The molecule has 0 aromatic heterocycles. The van der Waals surface area contributed by atoms with E-state index < -0.39 is 0 Å². The standard InChI is InChI=1S/C21H24ClFN2O2/c1-14-8-9-20(27-2)19(11-14)24-21(26)15-5-4-10-25(12-15)13-16-17(22)6-3-7-18(16)23/h3,6-9,11,15H,4-5,10,12-13H2,1-2H3,(H,24,26). The summed E-state index contributed by atoms with van der Waals surface area (Å²) >= 11 is 6.14. The van der Waals surface area contributed by atoms with Crippen LogP contribution in [0.1, 0.15) is 24.0 Å².